The van der Waals surface area contributed by atoms with Crippen LogP contribution >= 0.6 is 0 Å². The lowest BCUT2D eigenvalue weighted by molar-refractivity contribution is 0.00772. The maximum absolute atomic E-state index is 10.8. The van der Waals surface area contributed by atoms with E-state index in [0.717, 1.165) is 0 Å². The maximum atomic E-state index is 10.8. The van der Waals surface area contributed by atoms with E-state index in [1.807, 2.05) is 6.92 Å². The third kappa shape index (κ3) is 3.63. The zero-order chi connectivity index (χ0) is 13.8. The van der Waals surface area contributed by atoms with Crippen LogP contribution in [0.15, 0.2) is 18.2 Å². The molecule has 0 saturated carbocycles. The molecule has 0 aliphatic rings. The molecular weight excluding hydrogens is 236 g/mol. The normalized spacial score (nSPS) is 13.8. The van der Waals surface area contributed by atoms with Crippen LogP contribution in [-0.2, 0) is 0 Å². The molecule has 1 unspecified atom stereocenters. The predicted molar refractivity (Wildman–Crippen MR) is 66.4 cm³/mol. The van der Waals surface area contributed by atoms with Gasteiger partial charge in [-0.1, -0.05) is 6.92 Å². The smallest absolute Gasteiger partial charge is 0.335 e. The molecule has 1 atom stereocenters. The summed E-state index contributed by atoms with van der Waals surface area (Å²) in [4.78, 5) is 10.8. The molecule has 1 aromatic carbocycles. The van der Waals surface area contributed by atoms with Crippen LogP contribution in [0.3, 0.4) is 0 Å². The van der Waals surface area contributed by atoms with Crippen molar-refractivity contribution in [2.75, 3.05) is 13.7 Å². The van der Waals surface area contributed by atoms with Gasteiger partial charge in [-0.3, -0.25) is 0 Å². The fourth-order valence-electron chi connectivity index (χ4n) is 1.26. The standard InChI is InChI=1S/C13H18O5/c1-4-13(2,16)8-18-10-6-5-9(12(14)15)7-11(10)17-3/h5-7,16H,4,8H2,1-3H3,(H,14,15). The Kier molecular flexibility index (Phi) is 4.55. The lowest BCUT2D eigenvalue weighted by atomic mass is 10.1. The number of carbonyl (C=O) groups is 1. The van der Waals surface area contributed by atoms with E-state index < -0.39 is 11.6 Å². The van der Waals surface area contributed by atoms with Crippen molar-refractivity contribution in [2.24, 2.45) is 0 Å². The van der Waals surface area contributed by atoms with Gasteiger partial charge in [-0.25, -0.2) is 4.79 Å². The Bertz CT molecular complexity index is 425. The number of methoxy groups -OCH3 is 1. The van der Waals surface area contributed by atoms with Gasteiger partial charge in [0.25, 0.3) is 0 Å². The third-order valence-corrected chi connectivity index (χ3v) is 2.71. The second kappa shape index (κ2) is 5.73. The Labute approximate surface area is 106 Å². The fourth-order valence-corrected chi connectivity index (χ4v) is 1.26. The van der Waals surface area contributed by atoms with E-state index in [-0.39, 0.29) is 12.2 Å². The molecule has 1 aromatic rings. The summed E-state index contributed by atoms with van der Waals surface area (Å²) >= 11 is 0. The highest BCUT2D eigenvalue weighted by Gasteiger charge is 2.19. The number of aliphatic hydroxyl groups is 1. The SMILES string of the molecule is CCC(C)(O)COc1ccc(C(=O)O)cc1OC. The molecule has 0 aromatic heterocycles. The molecule has 2 N–H and O–H groups in total. The number of ether oxygens (including phenoxy) is 2. The number of carboxylic acid groups (broad SMARTS) is 1. The molecule has 100 valence electrons. The summed E-state index contributed by atoms with van der Waals surface area (Å²) in [6, 6.07) is 4.34. The van der Waals surface area contributed by atoms with Crippen molar-refractivity contribution in [3.63, 3.8) is 0 Å². The molecule has 0 bridgehead atoms. The monoisotopic (exact) mass is 254 g/mol. The minimum atomic E-state index is -1.03. The van der Waals surface area contributed by atoms with Crippen LogP contribution in [0.5, 0.6) is 11.5 Å². The molecular formula is C13H18O5. The van der Waals surface area contributed by atoms with Crippen LogP contribution in [0.2, 0.25) is 0 Å². The molecule has 0 aliphatic carbocycles. The van der Waals surface area contributed by atoms with Gasteiger partial charge in [0.1, 0.15) is 6.61 Å². The highest BCUT2D eigenvalue weighted by molar-refractivity contribution is 5.88. The average Bonchev–Trinajstić information content (AvgIpc) is 2.36. The summed E-state index contributed by atoms with van der Waals surface area (Å²) in [6.45, 7) is 3.64. The Morgan fingerprint density at radius 1 is 1.39 bits per heavy atom. The second-order valence-electron chi connectivity index (χ2n) is 4.31. The lowest BCUT2D eigenvalue weighted by Crippen LogP contribution is -2.31. The first kappa shape index (κ1) is 14.3. The van der Waals surface area contributed by atoms with Gasteiger partial charge < -0.3 is 19.7 Å². The number of hydrogen-bond donors (Lipinski definition) is 2. The number of aromatic carboxylic acids is 1. The topological polar surface area (TPSA) is 76.0 Å². The van der Waals surface area contributed by atoms with E-state index in [4.69, 9.17) is 14.6 Å². The maximum Gasteiger partial charge on any atom is 0.335 e. The highest BCUT2D eigenvalue weighted by Crippen LogP contribution is 2.29. The zero-order valence-electron chi connectivity index (χ0n) is 10.8. The molecule has 5 heteroatoms. The Morgan fingerprint density at radius 3 is 2.56 bits per heavy atom. The largest absolute Gasteiger partial charge is 0.493 e. The Balaban J connectivity index is 2.86. The van der Waals surface area contributed by atoms with Crippen molar-refractivity contribution in [1.82, 2.24) is 0 Å². The van der Waals surface area contributed by atoms with E-state index in [1.165, 1.54) is 25.3 Å². The zero-order valence-corrected chi connectivity index (χ0v) is 10.8. The summed E-state index contributed by atoms with van der Waals surface area (Å²) in [6.07, 6.45) is 0.558. The number of carboxylic acids is 1. The van der Waals surface area contributed by atoms with E-state index in [9.17, 15) is 9.90 Å². The average molecular weight is 254 g/mol. The van der Waals surface area contributed by atoms with Gasteiger partial charge in [-0.05, 0) is 31.5 Å². The lowest BCUT2D eigenvalue weighted by Gasteiger charge is -2.22. The van der Waals surface area contributed by atoms with Crippen LogP contribution in [0, 0.1) is 0 Å². The minimum Gasteiger partial charge on any atom is -0.493 e. The van der Waals surface area contributed by atoms with Gasteiger partial charge in [0.15, 0.2) is 11.5 Å². The van der Waals surface area contributed by atoms with Crippen LogP contribution in [-0.4, -0.2) is 35.5 Å². The van der Waals surface area contributed by atoms with Crippen molar-refractivity contribution < 1.29 is 24.5 Å². The summed E-state index contributed by atoms with van der Waals surface area (Å²) in [7, 11) is 1.44. The molecule has 0 amide bonds. The summed E-state index contributed by atoms with van der Waals surface area (Å²) in [5, 5.41) is 18.7. The van der Waals surface area contributed by atoms with Gasteiger partial charge in [-0.2, -0.15) is 0 Å². The van der Waals surface area contributed by atoms with Crippen molar-refractivity contribution in [2.45, 2.75) is 25.9 Å². The summed E-state index contributed by atoms with van der Waals surface area (Å²) < 4.78 is 10.5. The summed E-state index contributed by atoms with van der Waals surface area (Å²) in [5.41, 5.74) is -0.794. The Morgan fingerprint density at radius 2 is 2.06 bits per heavy atom. The van der Waals surface area contributed by atoms with Crippen LogP contribution in [0.4, 0.5) is 0 Å². The fraction of sp³-hybridized carbons (Fsp3) is 0.462. The molecule has 0 spiro atoms. The first-order valence-electron chi connectivity index (χ1n) is 5.66. The predicted octanol–water partition coefficient (Wildman–Crippen LogP) is 1.93. The number of benzene rings is 1. The van der Waals surface area contributed by atoms with E-state index in [1.54, 1.807) is 6.92 Å². The quantitative estimate of drug-likeness (QED) is 0.811. The van der Waals surface area contributed by atoms with Crippen LogP contribution in [0.1, 0.15) is 30.6 Å². The molecule has 1 rings (SSSR count). The van der Waals surface area contributed by atoms with Gasteiger partial charge >= 0.3 is 5.97 Å². The van der Waals surface area contributed by atoms with Crippen molar-refractivity contribution in [3.8, 4) is 11.5 Å². The second-order valence-corrected chi connectivity index (χ2v) is 4.31. The van der Waals surface area contributed by atoms with E-state index in [2.05, 4.69) is 0 Å². The third-order valence-electron chi connectivity index (χ3n) is 2.71. The molecule has 5 nitrogen and oxygen atoms in total. The van der Waals surface area contributed by atoms with Crippen molar-refractivity contribution in [3.05, 3.63) is 23.8 Å². The van der Waals surface area contributed by atoms with E-state index in [0.29, 0.717) is 17.9 Å². The molecule has 0 heterocycles. The van der Waals surface area contributed by atoms with Crippen molar-refractivity contribution >= 4 is 5.97 Å². The summed E-state index contributed by atoms with van der Waals surface area (Å²) in [5.74, 6) is -0.279. The molecule has 18 heavy (non-hydrogen) atoms. The molecule has 0 fully saturated rings. The van der Waals surface area contributed by atoms with Crippen LogP contribution < -0.4 is 9.47 Å². The Hall–Kier alpha value is -1.75. The first-order valence-corrected chi connectivity index (χ1v) is 5.66. The number of hydrogen-bond acceptors (Lipinski definition) is 4. The van der Waals surface area contributed by atoms with Gasteiger partial charge in [-0.15, -0.1) is 0 Å². The van der Waals surface area contributed by atoms with Gasteiger partial charge in [0.05, 0.1) is 18.3 Å². The van der Waals surface area contributed by atoms with Gasteiger partial charge in [0.2, 0.25) is 0 Å². The molecule has 0 saturated heterocycles. The number of rotatable bonds is 6. The van der Waals surface area contributed by atoms with Gasteiger partial charge in [0, 0.05) is 0 Å². The van der Waals surface area contributed by atoms with Crippen molar-refractivity contribution in [1.29, 1.82) is 0 Å². The molecule has 0 aliphatic heterocycles. The first-order chi connectivity index (χ1) is 8.39. The van der Waals surface area contributed by atoms with Crippen LogP contribution in [0.25, 0.3) is 0 Å². The highest BCUT2D eigenvalue weighted by atomic mass is 16.5. The minimum absolute atomic E-state index is 0.117. The van der Waals surface area contributed by atoms with E-state index >= 15 is 0 Å². The molecule has 0 radical (unpaired) electrons.